The number of nitrogens with one attached hydrogen (secondary N) is 1. The number of carbonyl (C=O) groups is 2. The number of para-hydroxylation sites is 1. The summed E-state index contributed by atoms with van der Waals surface area (Å²) in [4.78, 5) is 32.6. The molecule has 0 fully saturated rings. The van der Waals surface area contributed by atoms with E-state index < -0.39 is 12.0 Å². The van der Waals surface area contributed by atoms with Gasteiger partial charge in [0.25, 0.3) is 0 Å². The molecule has 2 aliphatic rings. The Morgan fingerprint density at radius 1 is 1.17 bits per heavy atom. The van der Waals surface area contributed by atoms with Gasteiger partial charge in [-0.1, -0.05) is 30.0 Å². The van der Waals surface area contributed by atoms with Crippen molar-refractivity contribution in [1.82, 2.24) is 10.2 Å². The number of hydrogen-bond acceptors (Lipinski definition) is 9. The molecule has 0 bridgehead atoms. The maximum absolute atomic E-state index is 13.2. The van der Waals surface area contributed by atoms with Crippen molar-refractivity contribution >= 4 is 28.8 Å². The van der Waals surface area contributed by atoms with E-state index in [0.717, 1.165) is 11.3 Å². The molecule has 10 heteroatoms. The number of ether oxygens (including phenoxy) is 3. The van der Waals surface area contributed by atoms with Crippen LogP contribution in [0.4, 0.5) is 0 Å². The predicted octanol–water partition coefficient (Wildman–Crippen LogP) is 3.76. The third-order valence-corrected chi connectivity index (χ3v) is 6.44. The summed E-state index contributed by atoms with van der Waals surface area (Å²) in [6.45, 7) is 2.48. The molecule has 1 aromatic carbocycles. The molecule has 0 saturated heterocycles. The van der Waals surface area contributed by atoms with Crippen LogP contribution in [0.5, 0.6) is 5.75 Å². The molecule has 0 unspecified atom stereocenters. The zero-order chi connectivity index (χ0) is 24.8. The highest BCUT2D eigenvalue weighted by atomic mass is 32.2. The number of carbonyl (C=O) groups excluding carboxylic acids is 2. The van der Waals surface area contributed by atoms with Gasteiger partial charge in [-0.2, -0.15) is 0 Å². The summed E-state index contributed by atoms with van der Waals surface area (Å²) >= 11 is 1.41. The molecule has 3 heterocycles. The number of hydrogen-bond donors (Lipinski definition) is 1. The van der Waals surface area contributed by atoms with Gasteiger partial charge in [-0.05, 0) is 30.5 Å². The Morgan fingerprint density at radius 2 is 2.00 bits per heavy atom. The molecule has 2 aromatic rings. The summed E-state index contributed by atoms with van der Waals surface area (Å²) < 4.78 is 21.4. The van der Waals surface area contributed by atoms with Crippen LogP contribution in [0, 0.1) is 0 Å². The Morgan fingerprint density at radius 3 is 2.74 bits per heavy atom. The van der Waals surface area contributed by atoms with Crippen LogP contribution in [0.3, 0.4) is 0 Å². The number of allylic oxidation sites excluding steroid dienone is 1. The molecule has 9 nitrogen and oxygen atoms in total. The van der Waals surface area contributed by atoms with E-state index in [-0.39, 0.29) is 25.5 Å². The third kappa shape index (κ3) is 5.44. The minimum Gasteiger partial charge on any atom is -0.496 e. The predicted molar refractivity (Wildman–Crippen MR) is 131 cm³/mol. The van der Waals surface area contributed by atoms with Crippen molar-refractivity contribution in [3.05, 3.63) is 76.4 Å². The van der Waals surface area contributed by atoms with Crippen LogP contribution in [-0.2, 0) is 25.6 Å². The number of methoxy groups -OCH3 is 2. The monoisotopic (exact) mass is 497 g/mol. The number of furan rings is 1. The number of nitrogens with zero attached hydrogens (tertiary/aromatic N) is 2. The molecule has 0 saturated carbocycles. The van der Waals surface area contributed by atoms with E-state index in [1.54, 1.807) is 39.5 Å². The number of thioether (sulfide) groups is 1. The molecule has 1 amide bonds. The first-order valence-corrected chi connectivity index (χ1v) is 11.9. The van der Waals surface area contributed by atoms with Crippen LogP contribution in [0.2, 0.25) is 0 Å². The zero-order valence-corrected chi connectivity index (χ0v) is 20.6. The molecular formula is C25H27N3O6S. The van der Waals surface area contributed by atoms with E-state index in [1.807, 2.05) is 34.6 Å². The molecule has 0 aliphatic carbocycles. The fourth-order valence-electron chi connectivity index (χ4n) is 3.94. The van der Waals surface area contributed by atoms with Gasteiger partial charge in [0.05, 0.1) is 50.3 Å². The van der Waals surface area contributed by atoms with Crippen molar-refractivity contribution in [3.8, 4) is 5.75 Å². The second-order valence-corrected chi connectivity index (χ2v) is 8.63. The largest absolute Gasteiger partial charge is 0.496 e. The van der Waals surface area contributed by atoms with E-state index in [2.05, 4.69) is 10.3 Å². The van der Waals surface area contributed by atoms with Gasteiger partial charge in [-0.15, -0.1) is 0 Å². The molecule has 0 radical (unpaired) electrons. The van der Waals surface area contributed by atoms with E-state index >= 15 is 0 Å². The second kappa shape index (κ2) is 11.3. The van der Waals surface area contributed by atoms with Crippen molar-refractivity contribution < 1.29 is 28.2 Å². The molecule has 4 rings (SSSR count). The summed E-state index contributed by atoms with van der Waals surface area (Å²) in [6.07, 6.45) is 1.66. The van der Waals surface area contributed by atoms with Gasteiger partial charge in [0.1, 0.15) is 18.1 Å². The number of benzene rings is 1. The fourth-order valence-corrected chi connectivity index (χ4v) is 4.90. The molecular weight excluding hydrogens is 470 g/mol. The van der Waals surface area contributed by atoms with Crippen LogP contribution >= 0.6 is 11.8 Å². The Hall–Kier alpha value is -3.50. The third-order valence-electron chi connectivity index (χ3n) is 5.56. The highest BCUT2D eigenvalue weighted by Gasteiger charge is 2.42. The topological polar surface area (TPSA) is 103 Å². The standard InChI is InChI=1S/C25H27N3O6S/c1-16-22(24(30)34-12-11-31-2)23(19-8-4-5-9-20(19)32-3)28-17(15-35-25(28)27-16)13-21(29)26-14-18-7-6-10-33-18/h4-10,15,23H,11-14H2,1-3H3,(H,26,29)/t23-/m1/s1. The number of amides is 1. The molecule has 184 valence electrons. The maximum Gasteiger partial charge on any atom is 0.338 e. The summed E-state index contributed by atoms with van der Waals surface area (Å²) in [5.74, 6) is 0.618. The number of fused-ring (bicyclic) bond motifs is 1. The number of esters is 1. The Balaban J connectivity index is 1.64. The average molecular weight is 498 g/mol. The van der Waals surface area contributed by atoms with Crippen LogP contribution < -0.4 is 10.1 Å². The lowest BCUT2D eigenvalue weighted by molar-refractivity contribution is -0.141. The van der Waals surface area contributed by atoms with Gasteiger partial charge < -0.3 is 28.8 Å². The van der Waals surface area contributed by atoms with E-state index in [1.165, 1.54) is 11.8 Å². The van der Waals surface area contributed by atoms with Crippen LogP contribution in [-0.4, -0.2) is 49.4 Å². The van der Waals surface area contributed by atoms with Crippen molar-refractivity contribution in [1.29, 1.82) is 0 Å². The molecule has 1 N–H and O–H groups in total. The minimum absolute atomic E-state index is 0.101. The van der Waals surface area contributed by atoms with Gasteiger partial charge >= 0.3 is 5.97 Å². The van der Waals surface area contributed by atoms with Crippen LogP contribution in [0.1, 0.15) is 30.7 Å². The van der Waals surface area contributed by atoms with E-state index in [0.29, 0.717) is 34.5 Å². The smallest absolute Gasteiger partial charge is 0.338 e. The van der Waals surface area contributed by atoms with Gasteiger partial charge in [-0.3, -0.25) is 4.79 Å². The van der Waals surface area contributed by atoms with E-state index in [4.69, 9.17) is 18.6 Å². The molecule has 1 atom stereocenters. The normalized spacial score (nSPS) is 17.0. The quantitative estimate of drug-likeness (QED) is 0.391. The summed E-state index contributed by atoms with van der Waals surface area (Å²) in [7, 11) is 3.13. The van der Waals surface area contributed by atoms with Gasteiger partial charge in [-0.25, -0.2) is 9.79 Å². The molecule has 35 heavy (non-hydrogen) atoms. The van der Waals surface area contributed by atoms with Gasteiger partial charge in [0, 0.05) is 18.4 Å². The highest BCUT2D eigenvalue weighted by Crippen LogP contribution is 2.46. The fraction of sp³-hybridized carbons (Fsp3) is 0.320. The summed E-state index contributed by atoms with van der Waals surface area (Å²) in [6, 6.07) is 10.5. The maximum atomic E-state index is 13.2. The first-order chi connectivity index (χ1) is 17.0. The van der Waals surface area contributed by atoms with Crippen molar-refractivity contribution in [2.45, 2.75) is 25.9 Å². The summed E-state index contributed by atoms with van der Waals surface area (Å²) in [5.41, 5.74) is 2.43. The lowest BCUT2D eigenvalue weighted by Gasteiger charge is -2.36. The Bertz CT molecular complexity index is 1170. The van der Waals surface area contributed by atoms with E-state index in [9.17, 15) is 9.59 Å². The minimum atomic E-state index is -0.576. The molecule has 0 spiro atoms. The number of rotatable bonds is 10. The zero-order valence-electron chi connectivity index (χ0n) is 19.8. The van der Waals surface area contributed by atoms with Gasteiger partial charge in [0.2, 0.25) is 5.91 Å². The highest BCUT2D eigenvalue weighted by molar-refractivity contribution is 8.16. The average Bonchev–Trinajstić information content (AvgIpc) is 3.52. The Kier molecular flexibility index (Phi) is 7.94. The second-order valence-electron chi connectivity index (χ2n) is 7.80. The van der Waals surface area contributed by atoms with Crippen LogP contribution in [0.25, 0.3) is 0 Å². The van der Waals surface area contributed by atoms with Crippen LogP contribution in [0.15, 0.2) is 74.4 Å². The molecule has 1 aromatic heterocycles. The SMILES string of the molecule is COCCOC(=O)C1=C(C)N=C2SC=C(CC(=O)NCc3ccco3)N2[C@@H]1c1ccccc1OC. The van der Waals surface area contributed by atoms with Crippen molar-refractivity contribution in [2.75, 3.05) is 27.4 Å². The lowest BCUT2D eigenvalue weighted by Crippen LogP contribution is -2.38. The summed E-state index contributed by atoms with van der Waals surface area (Å²) in [5, 5.41) is 5.44. The van der Waals surface area contributed by atoms with Crippen molar-refractivity contribution in [2.24, 2.45) is 4.99 Å². The number of amidine groups is 1. The number of aliphatic imine (C=N–C) groups is 1. The van der Waals surface area contributed by atoms with Crippen molar-refractivity contribution in [3.63, 3.8) is 0 Å². The Labute approximate surface area is 207 Å². The first kappa shape index (κ1) is 24.6. The molecule has 2 aliphatic heterocycles. The lowest BCUT2D eigenvalue weighted by atomic mass is 9.93. The first-order valence-electron chi connectivity index (χ1n) is 11.1. The van der Waals surface area contributed by atoms with Gasteiger partial charge in [0.15, 0.2) is 5.17 Å².